The van der Waals surface area contributed by atoms with Crippen LogP contribution < -0.4 is 15.4 Å². The molecule has 2 N–H and O–H groups in total. The molecule has 0 aromatic heterocycles. The first kappa shape index (κ1) is 27.1. The minimum absolute atomic E-state index is 0.0526. The molecular formula is C32H25ClN2O4. The minimum Gasteiger partial charge on any atom is -0.497 e. The van der Waals surface area contributed by atoms with E-state index in [1.807, 2.05) is 18.2 Å². The maximum absolute atomic E-state index is 13.2. The van der Waals surface area contributed by atoms with Crippen LogP contribution in [0.4, 0.5) is 5.69 Å². The lowest BCUT2D eigenvalue weighted by molar-refractivity contribution is -0.113. The summed E-state index contributed by atoms with van der Waals surface area (Å²) in [6.45, 7) is 0. The molecular weight excluding hydrogens is 512 g/mol. The summed E-state index contributed by atoms with van der Waals surface area (Å²) >= 11 is 6.14. The number of ketones is 1. The fourth-order valence-electron chi connectivity index (χ4n) is 3.60. The Morgan fingerprint density at radius 1 is 0.769 bits per heavy atom. The average molecular weight is 537 g/mol. The van der Waals surface area contributed by atoms with E-state index in [2.05, 4.69) is 10.6 Å². The smallest absolute Gasteiger partial charge is 0.272 e. The molecule has 0 radical (unpaired) electrons. The van der Waals surface area contributed by atoms with Gasteiger partial charge in [0.15, 0.2) is 5.78 Å². The molecule has 2 amide bonds. The van der Waals surface area contributed by atoms with Gasteiger partial charge in [0, 0.05) is 21.8 Å². The molecule has 0 aliphatic carbocycles. The molecule has 4 aromatic rings. The van der Waals surface area contributed by atoms with Crippen LogP contribution in [0.15, 0.2) is 115 Å². The normalized spacial score (nSPS) is 11.2. The number of anilines is 1. The monoisotopic (exact) mass is 536 g/mol. The van der Waals surface area contributed by atoms with Crippen LogP contribution >= 0.6 is 11.6 Å². The maximum Gasteiger partial charge on any atom is 0.272 e. The molecule has 0 aliphatic heterocycles. The van der Waals surface area contributed by atoms with Crippen LogP contribution in [0.3, 0.4) is 0 Å². The quantitative estimate of drug-likeness (QED) is 0.185. The molecule has 0 spiro atoms. The highest BCUT2D eigenvalue weighted by molar-refractivity contribution is 6.32. The van der Waals surface area contributed by atoms with Crippen molar-refractivity contribution in [3.63, 3.8) is 0 Å². The van der Waals surface area contributed by atoms with E-state index >= 15 is 0 Å². The van der Waals surface area contributed by atoms with Crippen LogP contribution in [0, 0.1) is 0 Å². The third-order valence-electron chi connectivity index (χ3n) is 5.70. The van der Waals surface area contributed by atoms with E-state index in [1.165, 1.54) is 6.08 Å². The number of halogens is 1. The first-order valence-corrected chi connectivity index (χ1v) is 12.4. The molecule has 0 fully saturated rings. The highest BCUT2D eigenvalue weighted by Gasteiger charge is 2.15. The summed E-state index contributed by atoms with van der Waals surface area (Å²) in [6, 6.07) is 29.4. The van der Waals surface area contributed by atoms with Gasteiger partial charge in [0.05, 0.1) is 7.11 Å². The van der Waals surface area contributed by atoms with E-state index in [9.17, 15) is 14.4 Å². The van der Waals surface area contributed by atoms with Gasteiger partial charge in [-0.05, 0) is 84.0 Å². The zero-order chi connectivity index (χ0) is 27.6. The Morgan fingerprint density at radius 2 is 1.44 bits per heavy atom. The number of hydrogen-bond acceptors (Lipinski definition) is 4. The van der Waals surface area contributed by atoms with Gasteiger partial charge in [-0.15, -0.1) is 0 Å². The molecule has 6 nitrogen and oxygen atoms in total. The fraction of sp³-hybridized carbons (Fsp3) is 0.0312. The number of carbonyl (C=O) groups excluding carboxylic acids is 3. The van der Waals surface area contributed by atoms with Crippen molar-refractivity contribution >= 4 is 47.0 Å². The Bertz CT molecular complexity index is 1530. The number of hydrogen-bond donors (Lipinski definition) is 2. The number of rotatable bonds is 9. The number of carbonyl (C=O) groups is 3. The third kappa shape index (κ3) is 7.53. The lowest BCUT2D eigenvalue weighted by Crippen LogP contribution is -2.30. The van der Waals surface area contributed by atoms with Gasteiger partial charge in [0.25, 0.3) is 11.8 Å². The number of nitrogens with one attached hydrogen (secondary N) is 2. The average Bonchev–Trinajstić information content (AvgIpc) is 2.97. The zero-order valence-electron chi connectivity index (χ0n) is 21.1. The Labute approximate surface area is 231 Å². The first-order valence-electron chi connectivity index (χ1n) is 12.0. The minimum atomic E-state index is -0.521. The van der Waals surface area contributed by atoms with Crippen molar-refractivity contribution in [3.05, 3.63) is 142 Å². The Kier molecular flexibility index (Phi) is 9.06. The first-order chi connectivity index (χ1) is 18.9. The van der Waals surface area contributed by atoms with Crippen LogP contribution in [0.1, 0.15) is 31.8 Å². The van der Waals surface area contributed by atoms with E-state index in [1.54, 1.807) is 104 Å². The standard InChI is InChI=1S/C32H25ClN2O4/c1-39-27-18-11-22(12-19-27)21-29(35-31(37)25-8-3-2-4-9-25)32(38)34-26-16-13-24(14-17-26)30(36)20-15-23-7-5-6-10-28(23)33/h2-21H,1H3,(H,34,38)(H,35,37)/b20-15+,29-21-. The SMILES string of the molecule is COc1ccc(/C=C(\NC(=O)c2ccccc2)C(=O)Nc2ccc(C(=O)/C=C/c3ccccc3Cl)cc2)cc1. The topological polar surface area (TPSA) is 84.5 Å². The predicted molar refractivity (Wildman–Crippen MR) is 155 cm³/mol. The van der Waals surface area contributed by atoms with Crippen LogP contribution in [-0.2, 0) is 4.79 Å². The van der Waals surface area contributed by atoms with Crippen molar-refractivity contribution in [2.24, 2.45) is 0 Å². The highest BCUT2D eigenvalue weighted by Crippen LogP contribution is 2.18. The second-order valence-corrected chi connectivity index (χ2v) is 8.81. The lowest BCUT2D eigenvalue weighted by Gasteiger charge is -2.12. The summed E-state index contributed by atoms with van der Waals surface area (Å²) < 4.78 is 5.19. The number of ether oxygens (including phenoxy) is 1. The summed E-state index contributed by atoms with van der Waals surface area (Å²) in [5.41, 5.74) is 2.81. The Hall–Kier alpha value is -4.94. The van der Waals surface area contributed by atoms with Crippen molar-refractivity contribution < 1.29 is 19.1 Å². The van der Waals surface area contributed by atoms with E-state index in [4.69, 9.17) is 16.3 Å². The van der Waals surface area contributed by atoms with Gasteiger partial charge >= 0.3 is 0 Å². The van der Waals surface area contributed by atoms with Crippen molar-refractivity contribution in [1.82, 2.24) is 5.32 Å². The molecule has 0 saturated carbocycles. The van der Waals surface area contributed by atoms with Gasteiger partial charge < -0.3 is 15.4 Å². The molecule has 0 unspecified atom stereocenters. The molecule has 4 aromatic carbocycles. The molecule has 0 bridgehead atoms. The molecule has 0 aliphatic rings. The van der Waals surface area contributed by atoms with E-state index in [0.717, 1.165) is 5.56 Å². The highest BCUT2D eigenvalue weighted by atomic mass is 35.5. The molecule has 4 rings (SSSR count). The van der Waals surface area contributed by atoms with Crippen molar-refractivity contribution in [1.29, 1.82) is 0 Å². The van der Waals surface area contributed by atoms with Gasteiger partial charge in [-0.1, -0.05) is 60.1 Å². The fourth-order valence-corrected chi connectivity index (χ4v) is 3.80. The second-order valence-electron chi connectivity index (χ2n) is 8.40. The van der Waals surface area contributed by atoms with Gasteiger partial charge in [-0.25, -0.2) is 0 Å². The van der Waals surface area contributed by atoms with Crippen molar-refractivity contribution in [2.75, 3.05) is 12.4 Å². The summed E-state index contributed by atoms with van der Waals surface area (Å²) in [7, 11) is 1.57. The van der Waals surface area contributed by atoms with Crippen LogP contribution in [-0.4, -0.2) is 24.7 Å². The lowest BCUT2D eigenvalue weighted by atomic mass is 10.1. The van der Waals surface area contributed by atoms with Crippen LogP contribution in [0.25, 0.3) is 12.2 Å². The molecule has 0 atom stereocenters. The van der Waals surface area contributed by atoms with Crippen molar-refractivity contribution in [3.8, 4) is 5.75 Å². The van der Waals surface area contributed by atoms with E-state index in [0.29, 0.717) is 33.1 Å². The Balaban J connectivity index is 1.50. The summed E-state index contributed by atoms with van der Waals surface area (Å²) in [5, 5.41) is 6.03. The van der Waals surface area contributed by atoms with Crippen molar-refractivity contribution in [2.45, 2.75) is 0 Å². The van der Waals surface area contributed by atoms with E-state index in [-0.39, 0.29) is 11.5 Å². The Morgan fingerprint density at radius 3 is 2.10 bits per heavy atom. The van der Waals surface area contributed by atoms with Gasteiger partial charge in [0.2, 0.25) is 0 Å². The number of allylic oxidation sites excluding steroid dienone is 1. The second kappa shape index (κ2) is 13.0. The van der Waals surface area contributed by atoms with Crippen LogP contribution in [0.5, 0.6) is 5.75 Å². The van der Waals surface area contributed by atoms with E-state index < -0.39 is 11.8 Å². The number of benzene rings is 4. The summed E-state index contributed by atoms with van der Waals surface area (Å²) in [4.78, 5) is 38.6. The number of amides is 2. The third-order valence-corrected chi connectivity index (χ3v) is 6.05. The zero-order valence-corrected chi connectivity index (χ0v) is 21.8. The van der Waals surface area contributed by atoms with Gasteiger partial charge in [-0.2, -0.15) is 0 Å². The molecule has 194 valence electrons. The molecule has 7 heteroatoms. The maximum atomic E-state index is 13.2. The summed E-state index contributed by atoms with van der Waals surface area (Å²) in [5.74, 6) is -0.476. The van der Waals surface area contributed by atoms with Gasteiger partial charge in [-0.3, -0.25) is 14.4 Å². The number of methoxy groups -OCH3 is 1. The summed E-state index contributed by atoms with van der Waals surface area (Å²) in [6.07, 6.45) is 4.68. The van der Waals surface area contributed by atoms with Crippen LogP contribution in [0.2, 0.25) is 5.02 Å². The largest absolute Gasteiger partial charge is 0.497 e. The molecule has 39 heavy (non-hydrogen) atoms. The predicted octanol–water partition coefficient (Wildman–Crippen LogP) is 6.65. The molecule has 0 saturated heterocycles. The van der Waals surface area contributed by atoms with Gasteiger partial charge in [0.1, 0.15) is 11.4 Å². The molecule has 0 heterocycles.